The van der Waals surface area contributed by atoms with Gasteiger partial charge in [-0.3, -0.25) is 0 Å². The fourth-order valence-corrected chi connectivity index (χ4v) is 11.3. The molecule has 0 aliphatic rings. The Morgan fingerprint density at radius 1 is 0.380 bits per heavy atom. The van der Waals surface area contributed by atoms with Crippen molar-refractivity contribution in [2.45, 2.75) is 355 Å². The van der Waals surface area contributed by atoms with Crippen LogP contribution in [0.25, 0.3) is 0 Å². The Labute approximate surface area is 492 Å². The summed E-state index contributed by atoms with van der Waals surface area (Å²) in [6.07, 6.45) is 64.5. The van der Waals surface area contributed by atoms with E-state index in [1.165, 1.54) is 276 Å². The molecular formula is C73H128O5Si. The summed E-state index contributed by atoms with van der Waals surface area (Å²) in [5.41, 5.74) is 5.50. The van der Waals surface area contributed by atoms with Crippen LogP contribution in [-0.2, 0) is 11.3 Å². The highest BCUT2D eigenvalue weighted by Gasteiger charge is 2.19. The predicted octanol–water partition coefficient (Wildman–Crippen LogP) is 24.2. The largest absolute Gasteiger partial charge is 0.490 e. The van der Waals surface area contributed by atoms with Crippen molar-refractivity contribution in [3.63, 3.8) is 0 Å². The first-order valence-electron chi connectivity index (χ1n) is 34.6. The third kappa shape index (κ3) is 43.4. The van der Waals surface area contributed by atoms with Crippen molar-refractivity contribution in [1.29, 1.82) is 0 Å². The topological polar surface area (TPSA) is 54.0 Å². The molecule has 454 valence electrons. The molecule has 2 aromatic rings. The van der Waals surface area contributed by atoms with Crippen LogP contribution in [0, 0.1) is 11.5 Å². The van der Waals surface area contributed by atoms with E-state index >= 15 is 0 Å². The van der Waals surface area contributed by atoms with Gasteiger partial charge in [-0.25, -0.2) is 4.79 Å². The minimum Gasteiger partial charge on any atom is -0.490 e. The summed E-state index contributed by atoms with van der Waals surface area (Å²) in [5, 5.41) is 0. The Kier molecular flexibility index (Phi) is 48.5. The SMILES string of the molecule is CCCCCCCCCCCCCCCCCCOc1cc(COC(=O)c2ccccc2C#C[Si](C)(C)C)cc(OCCCCCCCCCCCCCCCCCC)c1OCCCCCCCCCCCCCCCCCC. The lowest BCUT2D eigenvalue weighted by atomic mass is 10.0. The van der Waals surface area contributed by atoms with Crippen LogP contribution in [0.2, 0.25) is 19.6 Å². The van der Waals surface area contributed by atoms with Gasteiger partial charge in [0.2, 0.25) is 5.75 Å². The molecule has 2 aromatic carbocycles. The average Bonchev–Trinajstić information content (AvgIpc) is 3.48. The molecular weight excluding hydrogens is 985 g/mol. The van der Waals surface area contributed by atoms with Gasteiger partial charge in [0.15, 0.2) is 11.5 Å². The number of carbonyl (C=O) groups is 1. The monoisotopic (exact) mass is 1110 g/mol. The van der Waals surface area contributed by atoms with Crippen molar-refractivity contribution < 1.29 is 23.7 Å². The van der Waals surface area contributed by atoms with Crippen LogP contribution in [-0.4, -0.2) is 33.9 Å². The number of hydrogen-bond donors (Lipinski definition) is 0. The fourth-order valence-electron chi connectivity index (χ4n) is 10.8. The Morgan fingerprint density at radius 3 is 0.962 bits per heavy atom. The van der Waals surface area contributed by atoms with Crippen LogP contribution in [0.5, 0.6) is 17.2 Å². The fraction of sp³-hybridized carbons (Fsp3) is 0.795. The van der Waals surface area contributed by atoms with Crippen molar-refractivity contribution >= 4 is 14.0 Å². The van der Waals surface area contributed by atoms with Gasteiger partial charge in [-0.05, 0) is 49.1 Å². The molecule has 0 radical (unpaired) electrons. The Hall–Kier alpha value is -2.91. The smallest absolute Gasteiger partial charge is 0.339 e. The minimum atomic E-state index is -1.64. The van der Waals surface area contributed by atoms with Crippen LogP contribution in [0.1, 0.15) is 350 Å². The highest BCUT2D eigenvalue weighted by Crippen LogP contribution is 2.40. The van der Waals surface area contributed by atoms with Crippen molar-refractivity contribution in [3.8, 4) is 28.7 Å². The number of hydrogen-bond acceptors (Lipinski definition) is 5. The quantitative estimate of drug-likeness (QED) is 0.0286. The summed E-state index contributed by atoms with van der Waals surface area (Å²) < 4.78 is 26.1. The Balaban J connectivity index is 2.02. The van der Waals surface area contributed by atoms with Gasteiger partial charge >= 0.3 is 5.97 Å². The van der Waals surface area contributed by atoms with Gasteiger partial charge in [-0.1, -0.05) is 347 Å². The Bertz CT molecular complexity index is 1680. The van der Waals surface area contributed by atoms with Crippen LogP contribution < -0.4 is 14.2 Å². The second-order valence-electron chi connectivity index (χ2n) is 25.0. The molecule has 0 unspecified atom stereocenters. The molecule has 0 spiro atoms. The van der Waals surface area contributed by atoms with Crippen molar-refractivity contribution in [3.05, 3.63) is 53.1 Å². The Morgan fingerprint density at radius 2 is 0.658 bits per heavy atom. The van der Waals surface area contributed by atoms with Gasteiger partial charge in [0.25, 0.3) is 0 Å². The van der Waals surface area contributed by atoms with Crippen molar-refractivity contribution in [2.75, 3.05) is 19.8 Å². The lowest BCUT2D eigenvalue weighted by Crippen LogP contribution is -2.16. The zero-order valence-corrected chi connectivity index (χ0v) is 54.3. The standard InChI is InChI=1S/C73H128O5Si/c1-7-10-13-16-19-22-25-28-31-34-37-40-43-46-49-54-60-75-70-64-67(66-78-73(74)69-58-53-52-57-68(69)59-63-79(4,5)6)65-71(76-61-55-50-47-44-41-38-35-32-29-26-23-20-17-14-11-8-2)72(70)77-62-56-51-48-45-42-39-36-33-30-27-24-21-18-15-12-9-3/h52-53,57-58,64-65H,7-51,54-56,60-62,66H2,1-6H3. The molecule has 0 saturated heterocycles. The molecule has 0 saturated carbocycles. The molecule has 0 aromatic heterocycles. The van der Waals surface area contributed by atoms with Gasteiger partial charge in [0.1, 0.15) is 14.7 Å². The lowest BCUT2D eigenvalue weighted by molar-refractivity contribution is 0.0471. The summed E-state index contributed by atoms with van der Waals surface area (Å²) in [6.45, 7) is 15.5. The van der Waals surface area contributed by atoms with E-state index in [2.05, 4.69) is 51.9 Å². The first kappa shape index (κ1) is 72.2. The third-order valence-corrected chi connectivity index (χ3v) is 16.8. The summed E-state index contributed by atoms with van der Waals surface area (Å²) in [7, 11) is -1.64. The number of rotatable bonds is 57. The van der Waals surface area contributed by atoms with E-state index in [9.17, 15) is 4.79 Å². The summed E-state index contributed by atoms with van der Waals surface area (Å²) in [5.74, 6) is 5.04. The van der Waals surface area contributed by atoms with Gasteiger partial charge in [0, 0.05) is 5.56 Å². The zero-order chi connectivity index (χ0) is 56.8. The highest BCUT2D eigenvalue weighted by molar-refractivity contribution is 6.83. The molecule has 0 aliphatic carbocycles. The molecule has 0 atom stereocenters. The maximum absolute atomic E-state index is 13.7. The summed E-state index contributed by atoms with van der Waals surface area (Å²) in [6, 6.07) is 11.6. The molecule has 0 amide bonds. The molecule has 0 N–H and O–H groups in total. The van der Waals surface area contributed by atoms with Gasteiger partial charge < -0.3 is 18.9 Å². The van der Waals surface area contributed by atoms with E-state index in [-0.39, 0.29) is 12.6 Å². The van der Waals surface area contributed by atoms with Crippen molar-refractivity contribution in [2.24, 2.45) is 0 Å². The van der Waals surface area contributed by atoms with E-state index in [1.807, 2.05) is 36.4 Å². The minimum absolute atomic E-state index is 0.110. The molecule has 0 aliphatic heterocycles. The van der Waals surface area contributed by atoms with E-state index < -0.39 is 8.07 Å². The number of esters is 1. The summed E-state index contributed by atoms with van der Waals surface area (Å²) in [4.78, 5) is 13.7. The van der Waals surface area contributed by atoms with Crippen LogP contribution in [0.4, 0.5) is 0 Å². The molecule has 0 bridgehead atoms. The van der Waals surface area contributed by atoms with E-state index in [4.69, 9.17) is 18.9 Å². The third-order valence-electron chi connectivity index (χ3n) is 15.9. The van der Waals surface area contributed by atoms with Crippen LogP contribution in [0.3, 0.4) is 0 Å². The molecule has 79 heavy (non-hydrogen) atoms. The van der Waals surface area contributed by atoms with Gasteiger partial charge in [-0.2, -0.15) is 0 Å². The first-order chi connectivity index (χ1) is 38.8. The van der Waals surface area contributed by atoms with Crippen molar-refractivity contribution in [1.82, 2.24) is 0 Å². The summed E-state index contributed by atoms with van der Waals surface area (Å²) >= 11 is 0. The van der Waals surface area contributed by atoms with Crippen LogP contribution >= 0.6 is 0 Å². The number of benzene rings is 2. The van der Waals surface area contributed by atoms with Crippen LogP contribution in [0.15, 0.2) is 36.4 Å². The zero-order valence-electron chi connectivity index (χ0n) is 53.3. The molecule has 5 nitrogen and oxygen atoms in total. The second kappa shape index (κ2) is 53.1. The van der Waals surface area contributed by atoms with E-state index in [1.54, 1.807) is 0 Å². The van der Waals surface area contributed by atoms with E-state index in [0.29, 0.717) is 42.6 Å². The van der Waals surface area contributed by atoms with Gasteiger partial charge in [-0.15, -0.1) is 5.54 Å². The molecule has 6 heteroatoms. The average molecular weight is 1110 g/mol. The maximum Gasteiger partial charge on any atom is 0.339 e. The first-order valence-corrected chi connectivity index (χ1v) is 38.1. The predicted molar refractivity (Wildman–Crippen MR) is 347 cm³/mol. The second-order valence-corrected chi connectivity index (χ2v) is 29.7. The lowest BCUT2D eigenvalue weighted by Gasteiger charge is -2.19. The molecule has 0 fully saturated rings. The highest BCUT2D eigenvalue weighted by atomic mass is 28.3. The van der Waals surface area contributed by atoms with E-state index in [0.717, 1.165) is 43.2 Å². The molecule has 2 rings (SSSR count). The number of unbranched alkanes of at least 4 members (excludes halogenated alkanes) is 45. The normalized spacial score (nSPS) is 11.5. The molecule has 0 heterocycles. The number of carbonyl (C=O) groups excluding carboxylic acids is 1. The number of ether oxygens (including phenoxy) is 4. The van der Waals surface area contributed by atoms with Gasteiger partial charge in [0.05, 0.1) is 25.4 Å². The maximum atomic E-state index is 13.7.